The lowest BCUT2D eigenvalue weighted by Gasteiger charge is -2.09. The van der Waals surface area contributed by atoms with E-state index in [1.54, 1.807) is 30.7 Å². The van der Waals surface area contributed by atoms with Crippen molar-refractivity contribution in [2.24, 2.45) is 0 Å². The Morgan fingerprint density at radius 1 is 0.957 bits per heavy atom. The van der Waals surface area contributed by atoms with E-state index in [0.717, 1.165) is 28.1 Å². The molecule has 4 rings (SSSR count). The lowest BCUT2D eigenvalue weighted by Crippen LogP contribution is -2.03. The molecule has 112 valence electrons. The Labute approximate surface area is 132 Å². The molecule has 0 saturated heterocycles. The zero-order valence-corrected chi connectivity index (χ0v) is 12.3. The van der Waals surface area contributed by atoms with Gasteiger partial charge in [0, 0.05) is 24.2 Å². The fourth-order valence-electron chi connectivity index (χ4n) is 2.61. The highest BCUT2D eigenvalue weighted by Gasteiger charge is 2.13. The summed E-state index contributed by atoms with van der Waals surface area (Å²) in [4.78, 5) is 13.4. The number of fused-ring (bicyclic) bond motifs is 1. The summed E-state index contributed by atoms with van der Waals surface area (Å²) in [6.07, 6.45) is 5.31. The number of hydrogen-bond acceptors (Lipinski definition) is 4. The summed E-state index contributed by atoms with van der Waals surface area (Å²) < 4.78 is 2.07. The monoisotopic (exact) mass is 302 g/mol. The van der Waals surface area contributed by atoms with Crippen molar-refractivity contribution in [3.63, 3.8) is 0 Å². The summed E-state index contributed by atoms with van der Waals surface area (Å²) >= 11 is 0. The molecule has 4 aromatic rings. The summed E-state index contributed by atoms with van der Waals surface area (Å²) in [5.41, 5.74) is 3.70. The van der Waals surface area contributed by atoms with Crippen LogP contribution in [-0.4, -0.2) is 24.6 Å². The number of aromatic hydroxyl groups is 1. The normalized spacial score (nSPS) is 11.0. The van der Waals surface area contributed by atoms with Gasteiger partial charge in [-0.15, -0.1) is 0 Å². The van der Waals surface area contributed by atoms with Gasteiger partial charge in [0.2, 0.25) is 0 Å². The van der Waals surface area contributed by atoms with E-state index in [0.29, 0.717) is 6.54 Å². The summed E-state index contributed by atoms with van der Waals surface area (Å²) in [5.74, 6) is 1.09. The third-order valence-electron chi connectivity index (χ3n) is 3.70. The van der Waals surface area contributed by atoms with Crippen LogP contribution in [-0.2, 0) is 6.54 Å². The molecule has 23 heavy (non-hydrogen) atoms. The van der Waals surface area contributed by atoms with Crippen LogP contribution >= 0.6 is 0 Å². The number of imidazole rings is 1. The van der Waals surface area contributed by atoms with Crippen LogP contribution in [0.3, 0.4) is 0 Å². The first-order valence-electron chi connectivity index (χ1n) is 7.31. The summed E-state index contributed by atoms with van der Waals surface area (Å²) in [6.45, 7) is 0.623. The first-order chi connectivity index (χ1) is 11.3. The van der Waals surface area contributed by atoms with Gasteiger partial charge in [0.15, 0.2) is 5.65 Å². The van der Waals surface area contributed by atoms with E-state index < -0.39 is 0 Å². The predicted octanol–water partition coefficient (Wildman–Crippen LogP) is 3.25. The molecule has 0 unspecified atom stereocenters. The minimum Gasteiger partial charge on any atom is -0.508 e. The second-order valence-corrected chi connectivity index (χ2v) is 5.28. The van der Waals surface area contributed by atoms with E-state index in [1.807, 2.05) is 36.4 Å². The molecule has 0 fully saturated rings. The van der Waals surface area contributed by atoms with E-state index in [4.69, 9.17) is 4.98 Å². The van der Waals surface area contributed by atoms with Crippen molar-refractivity contribution in [2.45, 2.75) is 6.54 Å². The van der Waals surface area contributed by atoms with Crippen molar-refractivity contribution in [3.05, 3.63) is 72.7 Å². The van der Waals surface area contributed by atoms with Gasteiger partial charge in [-0.3, -0.25) is 4.98 Å². The van der Waals surface area contributed by atoms with Crippen molar-refractivity contribution in [2.75, 3.05) is 0 Å². The molecule has 1 aromatic carbocycles. The topological polar surface area (TPSA) is 63.8 Å². The second-order valence-electron chi connectivity index (χ2n) is 5.28. The van der Waals surface area contributed by atoms with E-state index in [1.165, 1.54) is 0 Å². The molecular formula is C18H14N4O. The number of rotatable bonds is 3. The maximum Gasteiger partial charge on any atom is 0.160 e. The van der Waals surface area contributed by atoms with Crippen molar-refractivity contribution < 1.29 is 5.11 Å². The first kappa shape index (κ1) is 13.5. The van der Waals surface area contributed by atoms with Gasteiger partial charge in [-0.25, -0.2) is 9.97 Å². The van der Waals surface area contributed by atoms with Crippen LogP contribution in [0.15, 0.2) is 67.1 Å². The number of nitrogens with zero attached hydrogens (tertiary/aromatic N) is 4. The van der Waals surface area contributed by atoms with Crippen LogP contribution in [0.25, 0.3) is 22.6 Å². The van der Waals surface area contributed by atoms with Crippen molar-refractivity contribution in [1.82, 2.24) is 19.5 Å². The summed E-state index contributed by atoms with van der Waals surface area (Å²) in [7, 11) is 0. The molecular weight excluding hydrogens is 288 g/mol. The Bertz CT molecular complexity index is 946. The van der Waals surface area contributed by atoms with Crippen LogP contribution < -0.4 is 0 Å². The van der Waals surface area contributed by atoms with Gasteiger partial charge in [0.05, 0.1) is 6.54 Å². The molecule has 0 aliphatic rings. The molecule has 0 amide bonds. The number of benzene rings is 1. The molecule has 0 saturated carbocycles. The highest BCUT2D eigenvalue weighted by Crippen LogP contribution is 2.24. The van der Waals surface area contributed by atoms with Crippen LogP contribution in [0.2, 0.25) is 0 Å². The van der Waals surface area contributed by atoms with Crippen molar-refractivity contribution >= 4 is 11.2 Å². The number of aromatic nitrogens is 4. The molecule has 0 atom stereocenters. The average molecular weight is 302 g/mol. The van der Waals surface area contributed by atoms with Crippen molar-refractivity contribution in [1.29, 1.82) is 0 Å². The molecule has 0 radical (unpaired) electrons. The molecule has 0 aliphatic carbocycles. The lowest BCUT2D eigenvalue weighted by molar-refractivity contribution is 0.475. The Kier molecular flexibility index (Phi) is 3.24. The molecule has 5 nitrogen and oxygen atoms in total. The Hall–Kier alpha value is -3.21. The van der Waals surface area contributed by atoms with E-state index >= 15 is 0 Å². The van der Waals surface area contributed by atoms with Crippen LogP contribution in [0, 0.1) is 0 Å². The molecule has 0 aliphatic heterocycles. The minimum atomic E-state index is 0.259. The molecule has 0 spiro atoms. The third-order valence-corrected chi connectivity index (χ3v) is 3.70. The maximum atomic E-state index is 9.45. The van der Waals surface area contributed by atoms with Crippen molar-refractivity contribution in [3.8, 4) is 17.1 Å². The predicted molar refractivity (Wildman–Crippen MR) is 88.0 cm³/mol. The highest BCUT2D eigenvalue weighted by atomic mass is 16.3. The van der Waals surface area contributed by atoms with Crippen LogP contribution in [0.5, 0.6) is 5.75 Å². The molecule has 1 N–H and O–H groups in total. The fourth-order valence-corrected chi connectivity index (χ4v) is 2.61. The number of pyridine rings is 2. The van der Waals surface area contributed by atoms with Gasteiger partial charge in [-0.2, -0.15) is 0 Å². The first-order valence-corrected chi connectivity index (χ1v) is 7.31. The van der Waals surface area contributed by atoms with Crippen LogP contribution in [0.1, 0.15) is 5.56 Å². The fraction of sp³-hybridized carbons (Fsp3) is 0.0556. The standard InChI is InChI=1S/C18H14N4O/c23-15-7-5-13(6-8-15)12-22-17(14-3-1-9-19-11-14)21-16-4-2-10-20-18(16)22/h1-11,23H,12H2. The molecule has 3 heterocycles. The lowest BCUT2D eigenvalue weighted by atomic mass is 10.2. The maximum absolute atomic E-state index is 9.45. The van der Waals surface area contributed by atoms with E-state index in [-0.39, 0.29) is 5.75 Å². The number of phenolic OH excluding ortho intramolecular Hbond substituents is 1. The van der Waals surface area contributed by atoms with Gasteiger partial charge < -0.3 is 9.67 Å². The zero-order valence-electron chi connectivity index (χ0n) is 12.3. The van der Waals surface area contributed by atoms with Gasteiger partial charge in [0.25, 0.3) is 0 Å². The molecule has 0 bridgehead atoms. The van der Waals surface area contributed by atoms with Crippen LogP contribution in [0.4, 0.5) is 0 Å². The van der Waals surface area contributed by atoms with E-state index in [2.05, 4.69) is 14.5 Å². The Morgan fingerprint density at radius 2 is 1.78 bits per heavy atom. The largest absolute Gasteiger partial charge is 0.508 e. The Balaban J connectivity index is 1.87. The summed E-state index contributed by atoms with van der Waals surface area (Å²) in [6, 6.07) is 14.9. The zero-order chi connectivity index (χ0) is 15.6. The minimum absolute atomic E-state index is 0.259. The van der Waals surface area contributed by atoms with E-state index in [9.17, 15) is 5.11 Å². The SMILES string of the molecule is Oc1ccc(Cn2c(-c3cccnc3)nc3cccnc32)cc1. The third kappa shape index (κ3) is 2.53. The van der Waals surface area contributed by atoms with Gasteiger partial charge in [0.1, 0.15) is 17.1 Å². The quantitative estimate of drug-likeness (QED) is 0.631. The second kappa shape index (κ2) is 5.53. The molecule has 3 aromatic heterocycles. The van der Waals surface area contributed by atoms with Gasteiger partial charge >= 0.3 is 0 Å². The Morgan fingerprint density at radius 3 is 2.57 bits per heavy atom. The highest BCUT2D eigenvalue weighted by molar-refractivity contribution is 5.77. The molecule has 5 heteroatoms. The summed E-state index contributed by atoms with van der Waals surface area (Å²) in [5, 5.41) is 9.45. The van der Waals surface area contributed by atoms with Gasteiger partial charge in [-0.1, -0.05) is 12.1 Å². The average Bonchev–Trinajstić information content (AvgIpc) is 2.96. The van der Waals surface area contributed by atoms with Gasteiger partial charge in [-0.05, 0) is 42.0 Å². The number of phenols is 1. The smallest absolute Gasteiger partial charge is 0.160 e. The number of hydrogen-bond donors (Lipinski definition) is 1.